The van der Waals surface area contributed by atoms with Crippen LogP contribution in [0.2, 0.25) is 0 Å². The Labute approximate surface area is 134 Å². The number of sulfonamides is 1. The van der Waals surface area contributed by atoms with Gasteiger partial charge in [0.05, 0.1) is 30.7 Å². The maximum atomic E-state index is 13.9. The lowest BCUT2D eigenvalue weighted by Gasteiger charge is -2.21. The molecule has 1 N–H and O–H groups in total. The van der Waals surface area contributed by atoms with Crippen LogP contribution in [0.4, 0.5) is 10.2 Å². The number of aromatic nitrogens is 3. The minimum absolute atomic E-state index is 0.150. The molecule has 7 nitrogen and oxygen atoms in total. The van der Waals surface area contributed by atoms with E-state index in [0.29, 0.717) is 31.1 Å². The van der Waals surface area contributed by atoms with Gasteiger partial charge < -0.3 is 4.90 Å². The molecule has 0 amide bonds. The Balaban J connectivity index is 1.80. The molecule has 3 rings (SSSR count). The van der Waals surface area contributed by atoms with Crippen LogP contribution in [-0.4, -0.2) is 36.0 Å². The molecule has 0 atom stereocenters. The summed E-state index contributed by atoms with van der Waals surface area (Å²) in [5.41, 5.74) is 1.56. The van der Waals surface area contributed by atoms with E-state index in [-0.39, 0.29) is 12.4 Å². The third-order valence-electron chi connectivity index (χ3n) is 3.62. The molecule has 2 aromatic heterocycles. The topological polar surface area (TPSA) is 80.1 Å². The summed E-state index contributed by atoms with van der Waals surface area (Å²) in [7, 11) is -3.26. The predicted octanol–water partition coefficient (Wildman–Crippen LogP) is 0.877. The molecule has 0 aromatic carbocycles. The molecular formula is C14H18FN5O2S. The largest absolute Gasteiger partial charge is 0.348 e. The molecule has 0 aliphatic carbocycles. The molecule has 0 radical (unpaired) electrons. The molecule has 0 spiro atoms. The Kier molecular flexibility index (Phi) is 4.31. The third kappa shape index (κ3) is 3.85. The van der Waals surface area contributed by atoms with E-state index < -0.39 is 10.0 Å². The number of anilines is 1. The second-order valence-electron chi connectivity index (χ2n) is 5.53. The van der Waals surface area contributed by atoms with Crippen molar-refractivity contribution in [2.45, 2.75) is 26.1 Å². The number of fused-ring (bicyclic) bond motifs is 1. The SMILES string of the molecule is CS(=O)(=O)NCc1cc2n(n1)CCCN(c1ncccc1F)C2. The van der Waals surface area contributed by atoms with Crippen LogP contribution >= 0.6 is 0 Å². The summed E-state index contributed by atoms with van der Waals surface area (Å²) >= 11 is 0. The first-order valence-electron chi connectivity index (χ1n) is 7.28. The molecule has 1 aliphatic rings. The summed E-state index contributed by atoms with van der Waals surface area (Å²) in [5, 5.41) is 4.41. The van der Waals surface area contributed by atoms with E-state index in [2.05, 4.69) is 14.8 Å². The van der Waals surface area contributed by atoms with Gasteiger partial charge in [0.1, 0.15) is 0 Å². The van der Waals surface area contributed by atoms with Gasteiger partial charge in [-0.3, -0.25) is 4.68 Å². The standard InChI is InChI=1S/C14H18FN5O2S/c1-23(21,22)17-9-11-8-12-10-19(6-3-7-20(12)18-11)14-13(15)4-2-5-16-14/h2,4-5,8,17H,3,6-7,9-10H2,1H3. The van der Waals surface area contributed by atoms with Crippen molar-refractivity contribution in [3.05, 3.63) is 41.6 Å². The van der Waals surface area contributed by atoms with Crippen LogP contribution in [0.5, 0.6) is 0 Å². The molecule has 23 heavy (non-hydrogen) atoms. The minimum atomic E-state index is -3.26. The molecule has 0 unspecified atom stereocenters. The summed E-state index contributed by atoms with van der Waals surface area (Å²) in [6.07, 6.45) is 3.49. The summed E-state index contributed by atoms with van der Waals surface area (Å²) < 4.78 is 40.6. The van der Waals surface area contributed by atoms with Crippen molar-refractivity contribution in [1.29, 1.82) is 0 Å². The number of hydrogen-bond donors (Lipinski definition) is 1. The van der Waals surface area contributed by atoms with Crippen molar-refractivity contribution in [2.75, 3.05) is 17.7 Å². The fourth-order valence-corrected chi connectivity index (χ4v) is 3.01. The van der Waals surface area contributed by atoms with E-state index in [0.717, 1.165) is 18.4 Å². The maximum absolute atomic E-state index is 13.9. The molecule has 1 aliphatic heterocycles. The van der Waals surface area contributed by atoms with Gasteiger partial charge in [-0.1, -0.05) is 0 Å². The van der Waals surface area contributed by atoms with Crippen LogP contribution in [0.1, 0.15) is 17.8 Å². The fraction of sp³-hybridized carbons (Fsp3) is 0.429. The van der Waals surface area contributed by atoms with Crippen molar-refractivity contribution >= 4 is 15.8 Å². The van der Waals surface area contributed by atoms with E-state index >= 15 is 0 Å². The number of pyridine rings is 1. The Morgan fingerprint density at radius 1 is 1.39 bits per heavy atom. The number of rotatable bonds is 4. The Morgan fingerprint density at radius 3 is 2.96 bits per heavy atom. The van der Waals surface area contributed by atoms with Gasteiger partial charge in [-0.15, -0.1) is 0 Å². The molecule has 0 saturated carbocycles. The molecule has 9 heteroatoms. The van der Waals surface area contributed by atoms with E-state index in [1.807, 2.05) is 15.6 Å². The lowest BCUT2D eigenvalue weighted by atomic mass is 10.3. The summed E-state index contributed by atoms with van der Waals surface area (Å²) in [5.74, 6) is -0.0163. The number of nitrogens with one attached hydrogen (secondary N) is 1. The highest BCUT2D eigenvalue weighted by Gasteiger charge is 2.20. The first kappa shape index (κ1) is 15.9. The van der Waals surface area contributed by atoms with E-state index in [1.165, 1.54) is 6.07 Å². The molecule has 124 valence electrons. The van der Waals surface area contributed by atoms with Gasteiger partial charge in [-0.05, 0) is 24.6 Å². The van der Waals surface area contributed by atoms with Crippen molar-refractivity contribution in [3.8, 4) is 0 Å². The van der Waals surface area contributed by atoms with Crippen LogP contribution in [0.25, 0.3) is 0 Å². The van der Waals surface area contributed by atoms with Crippen molar-refractivity contribution in [2.24, 2.45) is 0 Å². The zero-order valence-electron chi connectivity index (χ0n) is 12.7. The first-order chi connectivity index (χ1) is 10.9. The Hall–Kier alpha value is -2.00. The van der Waals surface area contributed by atoms with Gasteiger partial charge in [0.2, 0.25) is 10.0 Å². The van der Waals surface area contributed by atoms with Gasteiger partial charge in [0, 0.05) is 19.3 Å². The quantitative estimate of drug-likeness (QED) is 0.894. The van der Waals surface area contributed by atoms with Gasteiger partial charge >= 0.3 is 0 Å². The van der Waals surface area contributed by atoms with Gasteiger partial charge in [-0.25, -0.2) is 22.5 Å². The lowest BCUT2D eigenvalue weighted by Crippen LogP contribution is -2.24. The zero-order valence-corrected chi connectivity index (χ0v) is 13.6. The Morgan fingerprint density at radius 2 is 2.22 bits per heavy atom. The molecule has 3 heterocycles. The highest BCUT2D eigenvalue weighted by Crippen LogP contribution is 2.21. The second-order valence-corrected chi connectivity index (χ2v) is 7.36. The van der Waals surface area contributed by atoms with Crippen molar-refractivity contribution < 1.29 is 12.8 Å². The van der Waals surface area contributed by atoms with Gasteiger partial charge in [0.15, 0.2) is 11.6 Å². The molecule has 0 saturated heterocycles. The lowest BCUT2D eigenvalue weighted by molar-refractivity contribution is 0.572. The second kappa shape index (κ2) is 6.25. The van der Waals surface area contributed by atoms with Crippen LogP contribution in [-0.2, 0) is 29.7 Å². The summed E-state index contributed by atoms with van der Waals surface area (Å²) in [6.45, 7) is 2.03. The van der Waals surface area contributed by atoms with Gasteiger partial charge in [-0.2, -0.15) is 5.10 Å². The van der Waals surface area contributed by atoms with E-state index in [9.17, 15) is 12.8 Å². The van der Waals surface area contributed by atoms with Crippen molar-refractivity contribution in [1.82, 2.24) is 19.5 Å². The normalized spacial score (nSPS) is 15.3. The van der Waals surface area contributed by atoms with Gasteiger partial charge in [0.25, 0.3) is 0 Å². The average Bonchev–Trinajstić information content (AvgIpc) is 2.76. The third-order valence-corrected chi connectivity index (χ3v) is 4.29. The first-order valence-corrected chi connectivity index (χ1v) is 9.17. The van der Waals surface area contributed by atoms with E-state index in [1.54, 1.807) is 12.3 Å². The highest BCUT2D eigenvalue weighted by atomic mass is 32.2. The minimum Gasteiger partial charge on any atom is -0.348 e. The smallest absolute Gasteiger partial charge is 0.209 e. The predicted molar refractivity (Wildman–Crippen MR) is 83.8 cm³/mol. The molecular weight excluding hydrogens is 321 g/mol. The number of halogens is 1. The highest BCUT2D eigenvalue weighted by molar-refractivity contribution is 7.88. The molecule has 2 aromatic rings. The van der Waals surface area contributed by atoms with E-state index in [4.69, 9.17) is 0 Å². The number of aryl methyl sites for hydroxylation is 1. The summed E-state index contributed by atoms with van der Waals surface area (Å²) in [6, 6.07) is 4.80. The van der Waals surface area contributed by atoms with Crippen LogP contribution in [0.15, 0.2) is 24.4 Å². The monoisotopic (exact) mass is 339 g/mol. The molecule has 0 bridgehead atoms. The average molecular weight is 339 g/mol. The summed E-state index contributed by atoms with van der Waals surface area (Å²) in [4.78, 5) is 6.00. The van der Waals surface area contributed by atoms with Crippen molar-refractivity contribution in [3.63, 3.8) is 0 Å². The maximum Gasteiger partial charge on any atom is 0.209 e. The zero-order chi connectivity index (χ0) is 16.4. The van der Waals surface area contributed by atoms with Crippen LogP contribution in [0.3, 0.4) is 0 Å². The number of nitrogens with zero attached hydrogens (tertiary/aromatic N) is 4. The van der Waals surface area contributed by atoms with Crippen LogP contribution in [0, 0.1) is 5.82 Å². The molecule has 0 fully saturated rings. The fourth-order valence-electron chi connectivity index (χ4n) is 2.60. The Bertz CT molecular complexity index is 805. The number of hydrogen-bond acceptors (Lipinski definition) is 5. The van der Waals surface area contributed by atoms with Crippen LogP contribution < -0.4 is 9.62 Å².